The van der Waals surface area contributed by atoms with Gasteiger partial charge in [0.05, 0.1) is 11.2 Å². The van der Waals surface area contributed by atoms with Gasteiger partial charge < -0.3 is 4.90 Å². The van der Waals surface area contributed by atoms with Crippen molar-refractivity contribution in [1.82, 2.24) is 29.4 Å². The number of hydrogen-bond acceptors (Lipinski definition) is 5. The number of rotatable bonds is 3. The van der Waals surface area contributed by atoms with Crippen LogP contribution in [0.15, 0.2) is 43.0 Å². The zero-order valence-electron chi connectivity index (χ0n) is 14.8. The van der Waals surface area contributed by atoms with Crippen LogP contribution in [0.2, 0.25) is 0 Å². The Bertz CT molecular complexity index is 1050. The SMILES string of the molecule is Cc1cc2nc(N3CCCC(Cn4cncn4)C3)c3ccccc3n2n1. The lowest BCUT2D eigenvalue weighted by Crippen LogP contribution is -2.37. The van der Waals surface area contributed by atoms with Gasteiger partial charge in [-0.15, -0.1) is 0 Å². The van der Waals surface area contributed by atoms with Crippen molar-refractivity contribution in [2.45, 2.75) is 26.3 Å². The Labute approximate surface area is 151 Å². The smallest absolute Gasteiger partial charge is 0.158 e. The molecule has 1 aliphatic heterocycles. The lowest BCUT2D eigenvalue weighted by atomic mass is 9.97. The molecule has 5 rings (SSSR count). The van der Waals surface area contributed by atoms with Crippen molar-refractivity contribution < 1.29 is 0 Å². The first kappa shape index (κ1) is 15.3. The van der Waals surface area contributed by atoms with E-state index in [9.17, 15) is 0 Å². The molecular formula is C19H21N7. The molecule has 4 heterocycles. The summed E-state index contributed by atoms with van der Waals surface area (Å²) in [5.41, 5.74) is 3.01. The fraction of sp³-hybridized carbons (Fsp3) is 0.368. The molecular weight excluding hydrogens is 326 g/mol. The van der Waals surface area contributed by atoms with Gasteiger partial charge in [-0.3, -0.25) is 4.68 Å². The van der Waals surface area contributed by atoms with Crippen LogP contribution in [0.4, 0.5) is 5.82 Å². The molecule has 0 amide bonds. The Morgan fingerprint density at radius 1 is 1.23 bits per heavy atom. The number of hydrogen-bond donors (Lipinski definition) is 0. The van der Waals surface area contributed by atoms with E-state index >= 15 is 0 Å². The second kappa shape index (κ2) is 6.09. The summed E-state index contributed by atoms with van der Waals surface area (Å²) in [5.74, 6) is 1.62. The summed E-state index contributed by atoms with van der Waals surface area (Å²) < 4.78 is 3.88. The number of anilines is 1. The van der Waals surface area contributed by atoms with E-state index in [1.54, 1.807) is 12.7 Å². The Morgan fingerprint density at radius 2 is 2.15 bits per heavy atom. The first-order valence-corrected chi connectivity index (χ1v) is 9.10. The first-order chi connectivity index (χ1) is 12.8. The van der Waals surface area contributed by atoms with Crippen LogP contribution in [0.25, 0.3) is 16.6 Å². The van der Waals surface area contributed by atoms with Gasteiger partial charge in [-0.1, -0.05) is 12.1 Å². The van der Waals surface area contributed by atoms with Gasteiger partial charge in [-0.2, -0.15) is 10.2 Å². The van der Waals surface area contributed by atoms with Crippen molar-refractivity contribution in [2.24, 2.45) is 5.92 Å². The van der Waals surface area contributed by atoms with Crippen LogP contribution in [0, 0.1) is 12.8 Å². The average Bonchev–Trinajstić information content (AvgIpc) is 3.30. The third-order valence-electron chi connectivity index (χ3n) is 5.14. The van der Waals surface area contributed by atoms with Crippen molar-refractivity contribution in [1.29, 1.82) is 0 Å². The van der Waals surface area contributed by atoms with Gasteiger partial charge in [0.15, 0.2) is 5.65 Å². The van der Waals surface area contributed by atoms with Crippen LogP contribution in [0.5, 0.6) is 0 Å². The molecule has 1 aliphatic rings. The molecule has 3 aromatic heterocycles. The molecule has 0 bridgehead atoms. The number of piperidine rings is 1. The van der Waals surface area contributed by atoms with Gasteiger partial charge >= 0.3 is 0 Å². The van der Waals surface area contributed by atoms with E-state index < -0.39 is 0 Å². The highest BCUT2D eigenvalue weighted by Crippen LogP contribution is 2.30. The molecule has 7 nitrogen and oxygen atoms in total. The summed E-state index contributed by atoms with van der Waals surface area (Å²) in [7, 11) is 0. The second-order valence-corrected chi connectivity index (χ2v) is 7.08. The molecule has 0 N–H and O–H groups in total. The lowest BCUT2D eigenvalue weighted by Gasteiger charge is -2.34. The molecule has 1 fully saturated rings. The topological polar surface area (TPSA) is 64.1 Å². The summed E-state index contributed by atoms with van der Waals surface area (Å²) >= 11 is 0. The molecule has 132 valence electrons. The predicted molar refractivity (Wildman–Crippen MR) is 100 cm³/mol. The average molecular weight is 347 g/mol. The summed E-state index contributed by atoms with van der Waals surface area (Å²) in [5, 5.41) is 10.0. The molecule has 1 atom stereocenters. The van der Waals surface area contributed by atoms with Gasteiger partial charge in [-0.25, -0.2) is 14.5 Å². The number of benzene rings is 1. The molecule has 1 saturated heterocycles. The van der Waals surface area contributed by atoms with E-state index in [4.69, 9.17) is 4.98 Å². The maximum atomic E-state index is 4.97. The molecule has 7 heteroatoms. The molecule has 1 aromatic carbocycles. The Kier molecular flexibility index (Phi) is 3.58. The highest BCUT2D eigenvalue weighted by atomic mass is 15.3. The summed E-state index contributed by atoms with van der Waals surface area (Å²) in [6, 6.07) is 10.5. The molecule has 4 aromatic rings. The lowest BCUT2D eigenvalue weighted by molar-refractivity contribution is 0.351. The zero-order chi connectivity index (χ0) is 17.5. The second-order valence-electron chi connectivity index (χ2n) is 7.08. The van der Waals surface area contributed by atoms with E-state index in [2.05, 4.69) is 44.3 Å². The van der Waals surface area contributed by atoms with Gasteiger partial charge in [0, 0.05) is 31.1 Å². The van der Waals surface area contributed by atoms with E-state index in [1.165, 1.54) is 12.8 Å². The quantitative estimate of drug-likeness (QED) is 0.570. The molecule has 0 spiro atoms. The van der Waals surface area contributed by atoms with Crippen molar-refractivity contribution in [3.63, 3.8) is 0 Å². The van der Waals surface area contributed by atoms with Crippen LogP contribution in [-0.4, -0.2) is 42.5 Å². The van der Waals surface area contributed by atoms with E-state index in [0.29, 0.717) is 5.92 Å². The molecule has 0 aliphatic carbocycles. The largest absolute Gasteiger partial charge is 0.356 e. The standard InChI is InChI=1S/C19H21N7/c1-14-9-18-22-19(16-6-2-3-7-17(16)26(18)23-14)24-8-4-5-15(10-24)11-25-13-20-12-21-25/h2-3,6-7,9,12-13,15H,4-5,8,10-11H2,1H3. The minimum atomic E-state index is 0.550. The highest BCUT2D eigenvalue weighted by Gasteiger charge is 2.24. The van der Waals surface area contributed by atoms with Gasteiger partial charge in [0.1, 0.15) is 18.5 Å². The van der Waals surface area contributed by atoms with Crippen LogP contribution in [0.3, 0.4) is 0 Å². The summed E-state index contributed by atoms with van der Waals surface area (Å²) in [6.07, 6.45) is 5.78. The third-order valence-corrected chi connectivity index (χ3v) is 5.14. The minimum absolute atomic E-state index is 0.550. The van der Waals surface area contributed by atoms with Gasteiger partial charge in [0.2, 0.25) is 0 Å². The monoisotopic (exact) mass is 347 g/mol. The molecule has 1 unspecified atom stereocenters. The maximum Gasteiger partial charge on any atom is 0.158 e. The number of aryl methyl sites for hydroxylation is 1. The fourth-order valence-corrected chi connectivity index (χ4v) is 4.00. The number of nitrogens with zero attached hydrogens (tertiary/aromatic N) is 7. The molecule has 0 radical (unpaired) electrons. The van der Waals surface area contributed by atoms with Crippen molar-refractivity contribution >= 4 is 22.4 Å². The summed E-state index contributed by atoms with van der Waals surface area (Å²) in [4.78, 5) is 11.5. The normalized spacial score (nSPS) is 18.0. The molecule has 26 heavy (non-hydrogen) atoms. The molecule has 0 saturated carbocycles. The summed E-state index contributed by atoms with van der Waals surface area (Å²) in [6.45, 7) is 4.94. The van der Waals surface area contributed by atoms with Crippen molar-refractivity contribution in [3.05, 3.63) is 48.7 Å². The third kappa shape index (κ3) is 2.60. The Morgan fingerprint density at radius 3 is 3.04 bits per heavy atom. The van der Waals surface area contributed by atoms with Crippen LogP contribution >= 0.6 is 0 Å². The zero-order valence-corrected chi connectivity index (χ0v) is 14.8. The first-order valence-electron chi connectivity index (χ1n) is 9.10. The van der Waals surface area contributed by atoms with Crippen molar-refractivity contribution in [3.8, 4) is 0 Å². The van der Waals surface area contributed by atoms with Crippen LogP contribution in [0.1, 0.15) is 18.5 Å². The van der Waals surface area contributed by atoms with E-state index in [1.807, 2.05) is 22.2 Å². The predicted octanol–water partition coefficient (Wildman–Crippen LogP) is 2.70. The highest BCUT2D eigenvalue weighted by molar-refractivity contribution is 5.91. The van der Waals surface area contributed by atoms with Crippen molar-refractivity contribution in [2.75, 3.05) is 18.0 Å². The number of aromatic nitrogens is 6. The number of fused-ring (bicyclic) bond motifs is 3. The maximum absolute atomic E-state index is 4.97. The van der Waals surface area contributed by atoms with E-state index in [0.717, 1.165) is 47.7 Å². The fourth-order valence-electron chi connectivity index (χ4n) is 4.00. The van der Waals surface area contributed by atoms with Gasteiger partial charge in [0.25, 0.3) is 0 Å². The van der Waals surface area contributed by atoms with Crippen LogP contribution in [-0.2, 0) is 6.54 Å². The van der Waals surface area contributed by atoms with Gasteiger partial charge in [-0.05, 0) is 37.8 Å². The van der Waals surface area contributed by atoms with E-state index in [-0.39, 0.29) is 0 Å². The minimum Gasteiger partial charge on any atom is -0.356 e. The number of para-hydroxylation sites is 1. The Hall–Kier alpha value is -2.96. The van der Waals surface area contributed by atoms with Crippen LogP contribution < -0.4 is 4.90 Å². The Balaban J connectivity index is 1.54.